The van der Waals surface area contributed by atoms with E-state index in [-0.39, 0.29) is 12.8 Å². The van der Waals surface area contributed by atoms with E-state index < -0.39 is 11.9 Å². The van der Waals surface area contributed by atoms with Gasteiger partial charge in [0.25, 0.3) is 0 Å². The number of carboxylic acids is 1. The van der Waals surface area contributed by atoms with Gasteiger partial charge in [-0.15, -0.1) is 0 Å². The second kappa shape index (κ2) is 5.51. The number of aliphatic carboxylic acids is 1. The van der Waals surface area contributed by atoms with Crippen LogP contribution in [0.2, 0.25) is 5.02 Å². The average molecular weight is 243 g/mol. The van der Waals surface area contributed by atoms with Crippen LogP contribution in [0.25, 0.3) is 0 Å². The molecular formula is C11H11ClO4. The maximum Gasteiger partial charge on any atom is 0.338 e. The summed E-state index contributed by atoms with van der Waals surface area (Å²) in [5.74, 6) is -1.45. The molecule has 0 fully saturated rings. The molecule has 1 aromatic rings. The van der Waals surface area contributed by atoms with Crippen LogP contribution in [0.3, 0.4) is 0 Å². The van der Waals surface area contributed by atoms with Crippen molar-refractivity contribution in [2.24, 2.45) is 0 Å². The third-order valence-corrected chi connectivity index (χ3v) is 2.47. The number of carboxylic acid groups (broad SMARTS) is 1. The van der Waals surface area contributed by atoms with Crippen molar-refractivity contribution in [3.63, 3.8) is 0 Å². The van der Waals surface area contributed by atoms with Gasteiger partial charge in [-0.1, -0.05) is 17.7 Å². The van der Waals surface area contributed by atoms with Crippen LogP contribution in [0.15, 0.2) is 18.2 Å². The van der Waals surface area contributed by atoms with E-state index in [1.54, 1.807) is 18.2 Å². The Morgan fingerprint density at radius 2 is 2.12 bits per heavy atom. The van der Waals surface area contributed by atoms with Gasteiger partial charge in [0.05, 0.1) is 12.7 Å². The maximum atomic E-state index is 11.4. The highest BCUT2D eigenvalue weighted by Crippen LogP contribution is 2.22. The number of hydrogen-bond acceptors (Lipinski definition) is 3. The smallest absolute Gasteiger partial charge is 0.338 e. The lowest BCUT2D eigenvalue weighted by Gasteiger charge is -2.08. The van der Waals surface area contributed by atoms with E-state index in [1.165, 1.54) is 7.11 Å². The first-order valence-electron chi connectivity index (χ1n) is 4.63. The Bertz CT molecular complexity index is 414. The minimum absolute atomic E-state index is 0.0757. The van der Waals surface area contributed by atoms with E-state index in [0.717, 1.165) is 0 Å². The molecule has 1 rings (SSSR count). The second-order valence-electron chi connectivity index (χ2n) is 3.15. The molecule has 0 spiro atoms. The summed E-state index contributed by atoms with van der Waals surface area (Å²) in [6.45, 7) is 0. The summed E-state index contributed by atoms with van der Waals surface area (Å²) in [5.41, 5.74) is 0.828. The van der Waals surface area contributed by atoms with Crippen LogP contribution in [0.5, 0.6) is 0 Å². The highest BCUT2D eigenvalue weighted by molar-refractivity contribution is 6.31. The third-order valence-electron chi connectivity index (χ3n) is 2.11. The molecule has 86 valence electrons. The number of methoxy groups -OCH3 is 1. The Balaban J connectivity index is 3.03. The Kier molecular flexibility index (Phi) is 4.31. The van der Waals surface area contributed by atoms with Crippen LogP contribution >= 0.6 is 11.6 Å². The molecular weight excluding hydrogens is 232 g/mol. The first-order valence-corrected chi connectivity index (χ1v) is 5.01. The molecule has 0 saturated heterocycles. The van der Waals surface area contributed by atoms with Crippen molar-refractivity contribution in [1.29, 1.82) is 0 Å². The quantitative estimate of drug-likeness (QED) is 0.822. The molecule has 0 aliphatic carbocycles. The Morgan fingerprint density at radius 1 is 1.44 bits per heavy atom. The van der Waals surface area contributed by atoms with Gasteiger partial charge in [-0.25, -0.2) is 4.79 Å². The number of benzene rings is 1. The van der Waals surface area contributed by atoms with Crippen molar-refractivity contribution in [1.82, 2.24) is 0 Å². The molecule has 1 N–H and O–H groups in total. The van der Waals surface area contributed by atoms with Crippen LogP contribution in [0.4, 0.5) is 0 Å². The van der Waals surface area contributed by atoms with E-state index in [4.69, 9.17) is 16.7 Å². The predicted molar refractivity (Wildman–Crippen MR) is 58.7 cm³/mol. The minimum Gasteiger partial charge on any atom is -0.481 e. The first-order chi connectivity index (χ1) is 7.56. The third kappa shape index (κ3) is 2.97. The number of ether oxygens (including phenoxy) is 1. The fourth-order valence-electron chi connectivity index (χ4n) is 1.35. The molecule has 0 radical (unpaired) electrons. The predicted octanol–water partition coefficient (Wildman–Crippen LogP) is 2.14. The van der Waals surface area contributed by atoms with E-state index in [1.807, 2.05) is 0 Å². The van der Waals surface area contributed by atoms with Gasteiger partial charge >= 0.3 is 11.9 Å². The van der Waals surface area contributed by atoms with Crippen LogP contribution in [-0.2, 0) is 16.0 Å². The van der Waals surface area contributed by atoms with Crippen molar-refractivity contribution < 1.29 is 19.4 Å². The van der Waals surface area contributed by atoms with Crippen LogP contribution in [0, 0.1) is 0 Å². The van der Waals surface area contributed by atoms with E-state index in [0.29, 0.717) is 16.1 Å². The van der Waals surface area contributed by atoms with Crippen molar-refractivity contribution in [3.05, 3.63) is 34.3 Å². The molecule has 5 heteroatoms. The fourth-order valence-corrected chi connectivity index (χ4v) is 1.61. The van der Waals surface area contributed by atoms with Crippen LogP contribution < -0.4 is 0 Å². The Morgan fingerprint density at radius 3 is 2.69 bits per heavy atom. The highest BCUT2D eigenvalue weighted by Gasteiger charge is 2.15. The lowest BCUT2D eigenvalue weighted by Crippen LogP contribution is -2.08. The lowest BCUT2D eigenvalue weighted by molar-refractivity contribution is -0.136. The summed E-state index contributed by atoms with van der Waals surface area (Å²) < 4.78 is 4.59. The number of esters is 1. The summed E-state index contributed by atoms with van der Waals surface area (Å²) >= 11 is 5.91. The summed E-state index contributed by atoms with van der Waals surface area (Å²) in [7, 11) is 1.27. The van der Waals surface area contributed by atoms with Gasteiger partial charge in [-0.3, -0.25) is 4.79 Å². The monoisotopic (exact) mass is 242 g/mol. The summed E-state index contributed by atoms with van der Waals surface area (Å²) in [6, 6.07) is 4.80. The van der Waals surface area contributed by atoms with Crippen LogP contribution in [-0.4, -0.2) is 24.2 Å². The van der Waals surface area contributed by atoms with E-state index >= 15 is 0 Å². The molecule has 0 heterocycles. The van der Waals surface area contributed by atoms with Crippen molar-refractivity contribution in [2.75, 3.05) is 7.11 Å². The van der Waals surface area contributed by atoms with Gasteiger partial charge in [0.1, 0.15) is 0 Å². The van der Waals surface area contributed by atoms with Crippen molar-refractivity contribution in [3.8, 4) is 0 Å². The lowest BCUT2D eigenvalue weighted by atomic mass is 10.0. The van der Waals surface area contributed by atoms with Gasteiger partial charge < -0.3 is 9.84 Å². The van der Waals surface area contributed by atoms with Gasteiger partial charge in [0.15, 0.2) is 0 Å². The Labute approximate surface area is 97.8 Å². The zero-order valence-electron chi connectivity index (χ0n) is 8.70. The zero-order chi connectivity index (χ0) is 12.1. The molecule has 0 saturated carbocycles. The molecule has 0 aliphatic rings. The topological polar surface area (TPSA) is 63.6 Å². The number of carbonyl (C=O) groups is 2. The van der Waals surface area contributed by atoms with E-state index in [9.17, 15) is 9.59 Å². The molecule has 0 unspecified atom stereocenters. The number of hydrogen-bond donors (Lipinski definition) is 1. The highest BCUT2D eigenvalue weighted by atomic mass is 35.5. The van der Waals surface area contributed by atoms with Crippen LogP contribution in [0.1, 0.15) is 22.3 Å². The molecule has 0 amide bonds. The molecule has 1 aromatic carbocycles. The van der Waals surface area contributed by atoms with Crippen molar-refractivity contribution in [2.45, 2.75) is 12.8 Å². The number of halogens is 1. The molecule has 4 nitrogen and oxygen atoms in total. The molecule has 0 aromatic heterocycles. The molecule has 0 bridgehead atoms. The summed E-state index contributed by atoms with van der Waals surface area (Å²) in [5, 5.41) is 8.97. The second-order valence-corrected chi connectivity index (χ2v) is 3.56. The minimum atomic E-state index is -0.935. The van der Waals surface area contributed by atoms with Crippen molar-refractivity contribution >= 4 is 23.5 Å². The standard InChI is InChI=1S/C11H11ClO4/c1-16-11(15)8-3-2-4-9(12)7(8)5-6-10(13)14/h2-4H,5-6H2,1H3,(H,13,14). The molecule has 0 aliphatic heterocycles. The average Bonchev–Trinajstić information content (AvgIpc) is 2.25. The maximum absolute atomic E-state index is 11.4. The fraction of sp³-hybridized carbons (Fsp3) is 0.273. The zero-order valence-corrected chi connectivity index (χ0v) is 9.45. The molecule has 16 heavy (non-hydrogen) atoms. The van der Waals surface area contributed by atoms with E-state index in [2.05, 4.69) is 4.74 Å². The summed E-state index contributed by atoms with van der Waals surface area (Å²) in [4.78, 5) is 21.9. The van der Waals surface area contributed by atoms with Gasteiger partial charge in [0, 0.05) is 11.4 Å². The first kappa shape index (κ1) is 12.5. The SMILES string of the molecule is COC(=O)c1cccc(Cl)c1CCC(=O)O. The molecule has 0 atom stereocenters. The number of carbonyl (C=O) groups excluding carboxylic acids is 1. The Hall–Kier alpha value is -1.55. The van der Waals surface area contributed by atoms with Gasteiger partial charge in [-0.2, -0.15) is 0 Å². The number of rotatable bonds is 4. The largest absolute Gasteiger partial charge is 0.481 e. The normalized spacial score (nSPS) is 9.88. The summed E-state index contributed by atoms with van der Waals surface area (Å²) in [6.07, 6.45) is 0.132. The van der Waals surface area contributed by atoms with Gasteiger partial charge in [-0.05, 0) is 24.1 Å². The van der Waals surface area contributed by atoms with Gasteiger partial charge in [0.2, 0.25) is 0 Å².